The largest absolute Gasteiger partial charge is 0.491 e. The first-order valence-electron chi connectivity index (χ1n) is 7.47. The van der Waals surface area contributed by atoms with E-state index in [1.165, 1.54) is 0 Å². The van der Waals surface area contributed by atoms with Gasteiger partial charge in [0.05, 0.1) is 11.5 Å². The summed E-state index contributed by atoms with van der Waals surface area (Å²) in [5.41, 5.74) is 1.18. The zero-order chi connectivity index (χ0) is 14.8. The van der Waals surface area contributed by atoms with Crippen molar-refractivity contribution in [3.05, 3.63) is 29.3 Å². The Morgan fingerprint density at radius 2 is 1.90 bits per heavy atom. The highest BCUT2D eigenvalue weighted by atomic mass is 16.5. The van der Waals surface area contributed by atoms with Gasteiger partial charge in [0.25, 0.3) is 0 Å². The summed E-state index contributed by atoms with van der Waals surface area (Å²) < 4.78 is 5.87. The first-order valence-corrected chi connectivity index (χ1v) is 7.47. The van der Waals surface area contributed by atoms with E-state index in [0.29, 0.717) is 12.8 Å². The minimum atomic E-state index is -0.769. The van der Waals surface area contributed by atoms with Crippen LogP contribution < -0.4 is 4.74 Å². The Hall–Kier alpha value is -1.51. The van der Waals surface area contributed by atoms with Crippen LogP contribution >= 0.6 is 0 Å². The van der Waals surface area contributed by atoms with Gasteiger partial charge in [-0.05, 0) is 39.7 Å². The molecule has 1 aromatic rings. The van der Waals surface area contributed by atoms with Crippen molar-refractivity contribution in [1.82, 2.24) is 0 Å². The lowest BCUT2D eigenvalue weighted by Crippen LogP contribution is -2.38. The van der Waals surface area contributed by atoms with Gasteiger partial charge in [0.2, 0.25) is 0 Å². The van der Waals surface area contributed by atoms with Gasteiger partial charge in [-0.2, -0.15) is 0 Å². The summed E-state index contributed by atoms with van der Waals surface area (Å²) in [5, 5.41) is 9.84. The lowest BCUT2D eigenvalue weighted by Gasteiger charge is -2.35. The van der Waals surface area contributed by atoms with Crippen LogP contribution in [0.25, 0.3) is 0 Å². The van der Waals surface area contributed by atoms with Crippen molar-refractivity contribution in [3.8, 4) is 5.75 Å². The van der Waals surface area contributed by atoms with E-state index in [9.17, 15) is 9.90 Å². The summed E-state index contributed by atoms with van der Waals surface area (Å²) >= 11 is 0. The lowest BCUT2D eigenvalue weighted by atomic mass is 9.69. The topological polar surface area (TPSA) is 46.5 Å². The highest BCUT2D eigenvalue weighted by Gasteiger charge is 2.43. The molecule has 0 radical (unpaired) electrons. The highest BCUT2D eigenvalue weighted by Crippen LogP contribution is 2.44. The van der Waals surface area contributed by atoms with E-state index >= 15 is 0 Å². The van der Waals surface area contributed by atoms with Gasteiger partial charge in [-0.3, -0.25) is 4.79 Å². The Morgan fingerprint density at radius 3 is 2.45 bits per heavy atom. The molecule has 0 aliphatic heterocycles. The predicted octanol–water partition coefficient (Wildman–Crippen LogP) is 4.07. The summed E-state index contributed by atoms with van der Waals surface area (Å²) in [5.74, 6) is 0.0197. The quantitative estimate of drug-likeness (QED) is 0.901. The monoisotopic (exact) mass is 276 g/mol. The molecule has 20 heavy (non-hydrogen) atoms. The van der Waals surface area contributed by atoms with Gasteiger partial charge in [0.15, 0.2) is 0 Å². The zero-order valence-electron chi connectivity index (χ0n) is 12.6. The second kappa shape index (κ2) is 5.86. The standard InChI is InChI=1S/C17H24O3/c1-12(2)20-15-8-7-13(3)11-14(15)17(16(18)19)9-5-4-6-10-17/h7-8,11-12H,4-6,9-10H2,1-3H3,(H,18,19). The number of aryl methyl sites for hydroxylation is 1. The lowest BCUT2D eigenvalue weighted by molar-refractivity contribution is -0.145. The maximum Gasteiger partial charge on any atom is 0.314 e. The molecule has 0 unspecified atom stereocenters. The molecule has 0 aromatic heterocycles. The summed E-state index contributed by atoms with van der Waals surface area (Å²) in [6.45, 7) is 5.94. The minimum absolute atomic E-state index is 0.0471. The highest BCUT2D eigenvalue weighted by molar-refractivity contribution is 5.82. The molecule has 1 aliphatic carbocycles. The molecule has 1 aromatic carbocycles. The van der Waals surface area contributed by atoms with Crippen LogP contribution in [-0.2, 0) is 10.2 Å². The molecule has 0 atom stereocenters. The van der Waals surface area contributed by atoms with Crippen LogP contribution in [0, 0.1) is 6.92 Å². The molecular formula is C17H24O3. The van der Waals surface area contributed by atoms with Crippen LogP contribution in [0.15, 0.2) is 18.2 Å². The van der Waals surface area contributed by atoms with Crippen LogP contribution in [0.1, 0.15) is 57.1 Å². The molecule has 110 valence electrons. The van der Waals surface area contributed by atoms with Crippen LogP contribution in [0.2, 0.25) is 0 Å². The third-order valence-electron chi connectivity index (χ3n) is 4.13. The molecule has 2 rings (SSSR count). The van der Waals surface area contributed by atoms with Gasteiger partial charge in [-0.15, -0.1) is 0 Å². The molecule has 0 spiro atoms. The van der Waals surface area contributed by atoms with E-state index in [2.05, 4.69) is 0 Å². The van der Waals surface area contributed by atoms with Crippen LogP contribution in [0.3, 0.4) is 0 Å². The molecule has 3 heteroatoms. The average Bonchev–Trinajstić information content (AvgIpc) is 2.41. The summed E-state index contributed by atoms with van der Waals surface area (Å²) in [4.78, 5) is 12.0. The van der Waals surface area contributed by atoms with E-state index in [4.69, 9.17) is 4.74 Å². The van der Waals surface area contributed by atoms with Crippen molar-refractivity contribution in [2.24, 2.45) is 0 Å². The van der Waals surface area contributed by atoms with Gasteiger partial charge >= 0.3 is 5.97 Å². The molecule has 0 amide bonds. The molecule has 1 aliphatic rings. The fraction of sp³-hybridized carbons (Fsp3) is 0.588. The Kier molecular flexibility index (Phi) is 4.36. The first-order chi connectivity index (χ1) is 9.45. The number of rotatable bonds is 4. The Balaban J connectivity index is 2.51. The van der Waals surface area contributed by atoms with Crippen molar-refractivity contribution >= 4 is 5.97 Å². The molecule has 0 saturated heterocycles. The van der Waals surface area contributed by atoms with E-state index in [0.717, 1.165) is 36.1 Å². The van der Waals surface area contributed by atoms with Crippen molar-refractivity contribution < 1.29 is 14.6 Å². The SMILES string of the molecule is Cc1ccc(OC(C)C)c(C2(C(=O)O)CCCCC2)c1. The average molecular weight is 276 g/mol. The van der Waals surface area contributed by atoms with Gasteiger partial charge in [-0.1, -0.05) is 37.0 Å². The second-order valence-corrected chi connectivity index (χ2v) is 6.11. The van der Waals surface area contributed by atoms with Crippen molar-refractivity contribution in [3.63, 3.8) is 0 Å². The Labute approximate surface area is 121 Å². The zero-order valence-corrected chi connectivity index (χ0v) is 12.6. The minimum Gasteiger partial charge on any atom is -0.491 e. The van der Waals surface area contributed by atoms with Crippen LogP contribution in [0.4, 0.5) is 0 Å². The third kappa shape index (κ3) is 2.82. The number of carboxylic acids is 1. The summed E-state index contributed by atoms with van der Waals surface area (Å²) in [7, 11) is 0. The molecule has 1 N–H and O–H groups in total. The van der Waals surface area contributed by atoms with Gasteiger partial charge < -0.3 is 9.84 Å². The predicted molar refractivity (Wildman–Crippen MR) is 79.3 cm³/mol. The number of carbonyl (C=O) groups is 1. The number of benzene rings is 1. The summed E-state index contributed by atoms with van der Waals surface area (Å²) in [6.07, 6.45) is 4.54. The van der Waals surface area contributed by atoms with Gasteiger partial charge in [-0.25, -0.2) is 0 Å². The maximum atomic E-state index is 12.0. The fourth-order valence-electron chi connectivity index (χ4n) is 3.13. The van der Waals surface area contributed by atoms with Gasteiger partial charge in [0, 0.05) is 5.56 Å². The van der Waals surface area contributed by atoms with Crippen molar-refractivity contribution in [2.75, 3.05) is 0 Å². The molecule has 1 fully saturated rings. The Bertz CT molecular complexity index is 485. The molecule has 1 saturated carbocycles. The Morgan fingerprint density at radius 1 is 1.25 bits per heavy atom. The van der Waals surface area contributed by atoms with E-state index in [-0.39, 0.29) is 6.10 Å². The summed E-state index contributed by atoms with van der Waals surface area (Å²) in [6, 6.07) is 5.90. The molecule has 0 bridgehead atoms. The second-order valence-electron chi connectivity index (χ2n) is 6.11. The normalized spacial score (nSPS) is 18.0. The first kappa shape index (κ1) is 14.9. The van der Waals surface area contributed by atoms with E-state index in [1.807, 2.05) is 39.0 Å². The molecule has 3 nitrogen and oxygen atoms in total. The van der Waals surface area contributed by atoms with Crippen LogP contribution in [-0.4, -0.2) is 17.2 Å². The van der Waals surface area contributed by atoms with Crippen LogP contribution in [0.5, 0.6) is 5.75 Å². The third-order valence-corrected chi connectivity index (χ3v) is 4.13. The maximum absolute atomic E-state index is 12.0. The fourth-order valence-corrected chi connectivity index (χ4v) is 3.13. The number of hydrogen-bond donors (Lipinski definition) is 1. The smallest absolute Gasteiger partial charge is 0.314 e. The van der Waals surface area contributed by atoms with E-state index < -0.39 is 11.4 Å². The number of hydrogen-bond acceptors (Lipinski definition) is 2. The number of carboxylic acid groups (broad SMARTS) is 1. The number of aliphatic carboxylic acids is 1. The number of ether oxygens (including phenoxy) is 1. The van der Waals surface area contributed by atoms with Gasteiger partial charge in [0.1, 0.15) is 5.75 Å². The van der Waals surface area contributed by atoms with E-state index in [1.54, 1.807) is 0 Å². The van der Waals surface area contributed by atoms with Crippen molar-refractivity contribution in [2.45, 2.75) is 64.4 Å². The van der Waals surface area contributed by atoms with Crippen molar-refractivity contribution in [1.29, 1.82) is 0 Å². The molecular weight excluding hydrogens is 252 g/mol. The molecule has 0 heterocycles.